The molecule has 0 spiro atoms. The molecule has 0 rings (SSSR count). The molecule has 0 heterocycles. The van der Waals surface area contributed by atoms with E-state index in [-0.39, 0.29) is 32.2 Å². The van der Waals surface area contributed by atoms with Crippen LogP contribution in [0.1, 0.15) is 386 Å². The van der Waals surface area contributed by atoms with E-state index in [1.54, 1.807) is 0 Å². The zero-order chi connectivity index (χ0) is 74.6. The molecule has 0 aliphatic heterocycles. The number of aliphatic carboxylic acids is 1. The van der Waals surface area contributed by atoms with Gasteiger partial charge >= 0.3 is 17.9 Å². The highest BCUT2D eigenvalue weighted by Crippen LogP contribution is 2.19. The van der Waals surface area contributed by atoms with E-state index in [4.69, 9.17) is 18.9 Å². The standard InChI is InChI=1S/C94H163NO8/c1-6-8-10-12-14-16-18-20-22-24-26-28-30-32-34-36-38-40-42-44-45-46-47-49-50-52-54-56-58-60-62-64-66-68-70-72-74-76-78-80-82-84-91(96)101-88-90(89-102-94(93(98)99)100-87-86-95(3,4)5)103-92(97)85-83-81-79-77-75-73-71-69-67-65-63-61-59-57-55-53-51-48-43-41-39-37-35-33-31-29-27-25-23-21-19-17-15-13-11-9-7-2/h9,11,15,17-18,20-21,23-24,26-27,29,33,35,39,41,48,51,55,57,61,63,90,94H,6-8,10,12-14,16,19,22,25,28,30-32,34,36-38,40,42-47,49-50,52-54,56,58-60,62,64-89H2,1-5H3/p+1/b11-9-,17-15-,20-18-,23-21-,26-24-,29-27-,35-33-,41-39-,51-48-,57-55-,63-61-. The van der Waals surface area contributed by atoms with E-state index in [2.05, 4.69) is 148 Å². The summed E-state index contributed by atoms with van der Waals surface area (Å²) in [5.41, 5.74) is 0. The van der Waals surface area contributed by atoms with Crippen molar-refractivity contribution in [1.29, 1.82) is 0 Å². The molecular formula is C94H164NO8+. The number of nitrogens with zero attached hydrogens (tertiary/aromatic N) is 1. The molecule has 0 aliphatic rings. The topological polar surface area (TPSA) is 108 Å². The van der Waals surface area contributed by atoms with E-state index < -0.39 is 24.3 Å². The van der Waals surface area contributed by atoms with Crippen molar-refractivity contribution in [2.45, 2.75) is 399 Å². The summed E-state index contributed by atoms with van der Waals surface area (Å²) in [5.74, 6) is -2.00. The molecule has 9 heteroatoms. The number of likely N-dealkylation sites (N-methyl/N-ethyl adjacent to an activating group) is 1. The Kier molecular flexibility index (Phi) is 79.4. The third-order valence-corrected chi connectivity index (χ3v) is 18.9. The molecule has 0 saturated heterocycles. The molecule has 0 aromatic rings. The Morgan fingerprint density at radius 1 is 0.301 bits per heavy atom. The summed E-state index contributed by atoms with van der Waals surface area (Å²) in [6.45, 7) is 4.78. The maximum absolute atomic E-state index is 13.0. The van der Waals surface area contributed by atoms with Crippen molar-refractivity contribution in [3.8, 4) is 0 Å². The van der Waals surface area contributed by atoms with Crippen LogP contribution < -0.4 is 0 Å². The summed E-state index contributed by atoms with van der Waals surface area (Å²) in [7, 11) is 5.99. The fraction of sp³-hybridized carbons (Fsp3) is 0.734. The Morgan fingerprint density at radius 3 is 0.825 bits per heavy atom. The molecule has 592 valence electrons. The smallest absolute Gasteiger partial charge is 0.361 e. The lowest BCUT2D eigenvalue weighted by Crippen LogP contribution is -2.40. The number of unbranched alkanes of at least 4 members (excludes halogenated alkanes) is 43. The second-order valence-electron chi connectivity index (χ2n) is 30.1. The molecule has 0 aromatic carbocycles. The monoisotopic (exact) mass is 1440 g/mol. The first-order valence-electron chi connectivity index (χ1n) is 43.3. The van der Waals surface area contributed by atoms with Crippen LogP contribution in [-0.2, 0) is 33.3 Å². The Balaban J connectivity index is 4.00. The van der Waals surface area contributed by atoms with Gasteiger partial charge in [0.2, 0.25) is 0 Å². The van der Waals surface area contributed by atoms with E-state index in [9.17, 15) is 19.5 Å². The number of hydrogen-bond donors (Lipinski definition) is 1. The van der Waals surface area contributed by atoms with Crippen LogP contribution >= 0.6 is 0 Å². The molecule has 0 saturated carbocycles. The minimum absolute atomic E-state index is 0.183. The van der Waals surface area contributed by atoms with E-state index >= 15 is 0 Å². The third-order valence-electron chi connectivity index (χ3n) is 18.9. The molecular weight excluding hydrogens is 1270 g/mol. The number of carbonyl (C=O) groups excluding carboxylic acids is 2. The first-order chi connectivity index (χ1) is 50.6. The van der Waals surface area contributed by atoms with Crippen molar-refractivity contribution in [3.63, 3.8) is 0 Å². The Hall–Kier alpha value is -4.57. The maximum Gasteiger partial charge on any atom is 0.361 e. The summed E-state index contributed by atoms with van der Waals surface area (Å²) in [6, 6.07) is 0. The van der Waals surface area contributed by atoms with Crippen LogP contribution in [-0.4, -0.2) is 87.4 Å². The highest BCUT2D eigenvalue weighted by Gasteiger charge is 2.25. The average Bonchev–Trinajstić information content (AvgIpc) is 1.16. The number of carboxylic acids is 1. The van der Waals surface area contributed by atoms with Gasteiger partial charge in [0, 0.05) is 12.8 Å². The van der Waals surface area contributed by atoms with Crippen molar-refractivity contribution < 1.29 is 42.9 Å². The van der Waals surface area contributed by atoms with Crippen molar-refractivity contribution >= 4 is 17.9 Å². The summed E-state index contributed by atoms with van der Waals surface area (Å²) < 4.78 is 23.1. The first kappa shape index (κ1) is 98.4. The normalized spacial score (nSPS) is 13.3. The number of rotatable bonds is 80. The maximum atomic E-state index is 13.0. The molecule has 0 amide bonds. The van der Waals surface area contributed by atoms with Crippen LogP contribution in [0.5, 0.6) is 0 Å². The molecule has 0 radical (unpaired) electrons. The van der Waals surface area contributed by atoms with Gasteiger partial charge in [-0.25, -0.2) is 4.79 Å². The number of ether oxygens (including phenoxy) is 4. The van der Waals surface area contributed by atoms with Gasteiger partial charge in [-0.2, -0.15) is 0 Å². The van der Waals surface area contributed by atoms with Gasteiger partial charge in [-0.05, 0) is 116 Å². The van der Waals surface area contributed by atoms with Crippen LogP contribution in [0.2, 0.25) is 0 Å². The lowest BCUT2D eigenvalue weighted by atomic mass is 10.0. The van der Waals surface area contributed by atoms with Crippen LogP contribution in [0, 0.1) is 0 Å². The van der Waals surface area contributed by atoms with E-state index in [1.165, 1.54) is 244 Å². The van der Waals surface area contributed by atoms with Gasteiger partial charge in [0.05, 0.1) is 34.4 Å². The number of hydrogen-bond acceptors (Lipinski definition) is 7. The van der Waals surface area contributed by atoms with Crippen LogP contribution in [0.15, 0.2) is 134 Å². The van der Waals surface area contributed by atoms with Gasteiger partial charge in [-0.15, -0.1) is 0 Å². The average molecular weight is 1440 g/mol. The van der Waals surface area contributed by atoms with Gasteiger partial charge in [0.25, 0.3) is 6.29 Å². The minimum Gasteiger partial charge on any atom is -0.477 e. The summed E-state index contributed by atoms with van der Waals surface area (Å²) in [6.07, 6.45) is 118. The summed E-state index contributed by atoms with van der Waals surface area (Å²) in [4.78, 5) is 37.8. The second-order valence-corrected chi connectivity index (χ2v) is 30.1. The SMILES string of the molecule is CC/C=C\C/C=C\C/C=C\C/C=C\C/C=C\C/C=C\C/C=C\C/C=C\C/C=C\CCCCCCCCCCCC(=O)OC(COC(=O)CCCCCCCCCCCCCCCCCCCCCCCCCCCCCCC/C=C\C/C=C\CCCCCCC)COC(OCC[N+](C)(C)C)C(=O)O. The largest absolute Gasteiger partial charge is 0.477 e. The molecule has 0 fully saturated rings. The molecule has 0 aromatic heterocycles. The van der Waals surface area contributed by atoms with Crippen LogP contribution in [0.25, 0.3) is 0 Å². The molecule has 1 N–H and O–H groups in total. The van der Waals surface area contributed by atoms with Crippen molar-refractivity contribution in [2.75, 3.05) is 47.5 Å². The lowest BCUT2D eigenvalue weighted by Gasteiger charge is -2.25. The number of quaternary nitrogens is 1. The van der Waals surface area contributed by atoms with Crippen molar-refractivity contribution in [3.05, 3.63) is 134 Å². The van der Waals surface area contributed by atoms with Crippen LogP contribution in [0.4, 0.5) is 0 Å². The summed E-state index contributed by atoms with van der Waals surface area (Å²) in [5, 5.41) is 9.79. The number of allylic oxidation sites excluding steroid dienone is 22. The van der Waals surface area contributed by atoms with Crippen LogP contribution in [0.3, 0.4) is 0 Å². The number of carbonyl (C=O) groups is 3. The highest BCUT2D eigenvalue weighted by atomic mass is 16.7. The van der Waals surface area contributed by atoms with E-state index in [1.807, 2.05) is 21.1 Å². The van der Waals surface area contributed by atoms with Gasteiger partial charge < -0.3 is 28.5 Å². The predicted molar refractivity (Wildman–Crippen MR) is 447 cm³/mol. The lowest BCUT2D eigenvalue weighted by molar-refractivity contribution is -0.870. The molecule has 0 aliphatic carbocycles. The fourth-order valence-corrected chi connectivity index (χ4v) is 12.3. The third kappa shape index (κ3) is 84.6. The Morgan fingerprint density at radius 2 is 0.553 bits per heavy atom. The van der Waals surface area contributed by atoms with Gasteiger partial charge in [0.15, 0.2) is 6.10 Å². The van der Waals surface area contributed by atoms with Gasteiger partial charge in [-0.1, -0.05) is 392 Å². The minimum atomic E-state index is -1.52. The number of carboxylic acid groups (broad SMARTS) is 1. The highest BCUT2D eigenvalue weighted by molar-refractivity contribution is 5.71. The molecule has 9 nitrogen and oxygen atoms in total. The molecule has 103 heavy (non-hydrogen) atoms. The zero-order valence-corrected chi connectivity index (χ0v) is 67.9. The number of esters is 2. The van der Waals surface area contributed by atoms with Crippen molar-refractivity contribution in [2.24, 2.45) is 0 Å². The molecule has 2 unspecified atom stereocenters. The summed E-state index contributed by atoms with van der Waals surface area (Å²) >= 11 is 0. The van der Waals surface area contributed by atoms with Gasteiger partial charge in [0.1, 0.15) is 13.2 Å². The molecule has 2 atom stereocenters. The first-order valence-corrected chi connectivity index (χ1v) is 43.3. The van der Waals surface area contributed by atoms with E-state index in [0.717, 1.165) is 109 Å². The fourth-order valence-electron chi connectivity index (χ4n) is 12.3. The van der Waals surface area contributed by atoms with E-state index in [0.29, 0.717) is 23.9 Å². The molecule has 0 bridgehead atoms. The Labute approximate surface area is 637 Å². The zero-order valence-electron chi connectivity index (χ0n) is 67.9. The quantitative estimate of drug-likeness (QED) is 0.0211. The Bertz CT molecular complexity index is 2170. The van der Waals surface area contributed by atoms with Gasteiger partial charge in [-0.3, -0.25) is 9.59 Å². The second kappa shape index (κ2) is 83.1. The van der Waals surface area contributed by atoms with Crippen molar-refractivity contribution in [1.82, 2.24) is 0 Å². The predicted octanol–water partition coefficient (Wildman–Crippen LogP) is 28.4.